The van der Waals surface area contributed by atoms with Gasteiger partial charge in [-0.05, 0) is 70.0 Å². The molecule has 0 amide bonds. The molecule has 4 rings (SSSR count). The van der Waals surface area contributed by atoms with Crippen LogP contribution in [0.25, 0.3) is 0 Å². The average molecular weight is 437 g/mol. The third-order valence-electron chi connectivity index (χ3n) is 5.80. The molecule has 1 saturated carbocycles. The molecule has 2 aromatic rings. The second kappa shape index (κ2) is 11.7. The molecular formula is C26H32N2O4. The van der Waals surface area contributed by atoms with Crippen molar-refractivity contribution in [2.75, 3.05) is 26.8 Å². The van der Waals surface area contributed by atoms with Crippen LogP contribution < -0.4 is 10.3 Å². The minimum absolute atomic E-state index is 0.0494. The van der Waals surface area contributed by atoms with E-state index in [1.54, 1.807) is 10.6 Å². The number of likely N-dealkylation sites (N-methyl/N-ethyl adjacent to an activating group) is 1. The van der Waals surface area contributed by atoms with Crippen LogP contribution in [0, 0.1) is 24.7 Å². The van der Waals surface area contributed by atoms with Gasteiger partial charge in [0.15, 0.2) is 6.29 Å². The number of hydrogen-bond acceptors (Lipinski definition) is 5. The fourth-order valence-electron chi connectivity index (χ4n) is 3.61. The van der Waals surface area contributed by atoms with E-state index in [1.807, 2.05) is 31.2 Å². The molecule has 2 aliphatic rings. The highest BCUT2D eigenvalue weighted by Gasteiger charge is 2.19. The highest BCUT2D eigenvalue weighted by molar-refractivity contribution is 5.51. The Kier molecular flexibility index (Phi) is 8.66. The Balaban J connectivity index is 0.000000305. The first-order valence-corrected chi connectivity index (χ1v) is 11.2. The molecule has 0 spiro atoms. The minimum atomic E-state index is -0.145. The van der Waals surface area contributed by atoms with Gasteiger partial charge in [0.1, 0.15) is 12.4 Å². The number of aldehydes is 1. The summed E-state index contributed by atoms with van der Waals surface area (Å²) in [5.74, 6) is 7.43. The zero-order valence-electron chi connectivity index (χ0n) is 18.9. The van der Waals surface area contributed by atoms with Crippen LogP contribution in [0.15, 0.2) is 41.2 Å². The fraction of sp³-hybridized carbons (Fsp3) is 0.462. The van der Waals surface area contributed by atoms with E-state index in [1.165, 1.54) is 31.7 Å². The molecule has 1 aromatic carbocycles. The Morgan fingerprint density at radius 1 is 1.19 bits per heavy atom. The van der Waals surface area contributed by atoms with Gasteiger partial charge in [0.2, 0.25) is 0 Å². The van der Waals surface area contributed by atoms with Crippen molar-refractivity contribution in [2.45, 2.75) is 45.2 Å². The van der Waals surface area contributed by atoms with Gasteiger partial charge in [0.05, 0.1) is 13.2 Å². The largest absolute Gasteiger partial charge is 0.486 e. The summed E-state index contributed by atoms with van der Waals surface area (Å²) in [6.45, 7) is 3.79. The number of carbonyl (C=O) groups excluding carboxylic acids is 1. The topological polar surface area (TPSA) is 71.8 Å². The van der Waals surface area contributed by atoms with Gasteiger partial charge in [0, 0.05) is 29.3 Å². The molecule has 2 fully saturated rings. The molecule has 1 aromatic heterocycles. The normalized spacial score (nSPS) is 17.7. The predicted octanol–water partition coefficient (Wildman–Crippen LogP) is 2.62. The number of hydrogen-bond donors (Lipinski definition) is 1. The van der Waals surface area contributed by atoms with Crippen molar-refractivity contribution in [1.82, 2.24) is 9.47 Å². The standard InChI is InChI=1S/C20H19NO3.C6H13NO/c1-15-12-19(24-11-10-22)13-20(23)21(15)14-18-8-6-17(7-9-18)5-4-16-2-3-16;1-7-4-2-3-6(7)5-8/h6-10,12-13,16H,2-3,11,14H2,1H3;6,8H,2-5H2,1H3. The van der Waals surface area contributed by atoms with E-state index in [2.05, 4.69) is 23.8 Å². The van der Waals surface area contributed by atoms with Crippen LogP contribution >= 0.6 is 0 Å². The van der Waals surface area contributed by atoms with Gasteiger partial charge < -0.3 is 19.3 Å². The number of benzene rings is 1. The molecule has 32 heavy (non-hydrogen) atoms. The number of pyridine rings is 1. The molecule has 6 nitrogen and oxygen atoms in total. The lowest BCUT2D eigenvalue weighted by molar-refractivity contribution is -0.109. The van der Waals surface area contributed by atoms with Gasteiger partial charge in [-0.25, -0.2) is 0 Å². The maximum absolute atomic E-state index is 12.3. The van der Waals surface area contributed by atoms with Crippen LogP contribution in [0.2, 0.25) is 0 Å². The number of ether oxygens (including phenoxy) is 1. The molecule has 1 atom stereocenters. The smallest absolute Gasteiger partial charge is 0.254 e. The number of rotatable bonds is 6. The van der Waals surface area contributed by atoms with Crippen molar-refractivity contribution in [2.24, 2.45) is 5.92 Å². The van der Waals surface area contributed by atoms with Crippen molar-refractivity contribution >= 4 is 6.29 Å². The summed E-state index contributed by atoms with van der Waals surface area (Å²) >= 11 is 0. The Bertz CT molecular complexity index is 1010. The van der Waals surface area contributed by atoms with Crippen LogP contribution in [0.4, 0.5) is 0 Å². The highest BCUT2D eigenvalue weighted by atomic mass is 16.5. The number of nitrogens with zero attached hydrogens (tertiary/aromatic N) is 2. The van der Waals surface area contributed by atoms with E-state index in [9.17, 15) is 9.59 Å². The summed E-state index contributed by atoms with van der Waals surface area (Å²) in [6.07, 6.45) is 5.53. The van der Waals surface area contributed by atoms with Crippen LogP contribution in [0.1, 0.15) is 42.5 Å². The van der Waals surface area contributed by atoms with Gasteiger partial charge in [-0.1, -0.05) is 24.0 Å². The number of aliphatic hydroxyl groups excluding tert-OH is 1. The summed E-state index contributed by atoms with van der Waals surface area (Å²) in [5.41, 5.74) is 2.69. The summed E-state index contributed by atoms with van der Waals surface area (Å²) in [5, 5.41) is 8.69. The van der Waals surface area contributed by atoms with Crippen molar-refractivity contribution in [3.05, 3.63) is 63.6 Å². The van der Waals surface area contributed by atoms with Crippen molar-refractivity contribution in [1.29, 1.82) is 0 Å². The number of likely N-dealkylation sites (tertiary alicyclic amines) is 1. The lowest BCUT2D eigenvalue weighted by Crippen LogP contribution is -2.27. The Morgan fingerprint density at radius 3 is 2.47 bits per heavy atom. The molecule has 1 N–H and O–H groups in total. The van der Waals surface area contributed by atoms with Gasteiger partial charge >= 0.3 is 0 Å². The third kappa shape index (κ3) is 7.08. The van der Waals surface area contributed by atoms with E-state index in [0.717, 1.165) is 23.4 Å². The molecular weight excluding hydrogens is 404 g/mol. The minimum Gasteiger partial charge on any atom is -0.486 e. The summed E-state index contributed by atoms with van der Waals surface area (Å²) in [4.78, 5) is 24.8. The summed E-state index contributed by atoms with van der Waals surface area (Å²) in [7, 11) is 2.06. The maximum Gasteiger partial charge on any atom is 0.254 e. The van der Waals surface area contributed by atoms with E-state index >= 15 is 0 Å². The van der Waals surface area contributed by atoms with E-state index in [-0.39, 0.29) is 12.2 Å². The fourth-order valence-corrected chi connectivity index (χ4v) is 3.61. The van der Waals surface area contributed by atoms with Gasteiger partial charge in [-0.3, -0.25) is 9.59 Å². The summed E-state index contributed by atoms with van der Waals surface area (Å²) in [6, 6.07) is 11.6. The van der Waals surface area contributed by atoms with Crippen molar-refractivity contribution < 1.29 is 14.6 Å². The van der Waals surface area contributed by atoms with Crippen LogP contribution in [-0.2, 0) is 11.3 Å². The Hall–Kier alpha value is -2.88. The van der Waals surface area contributed by atoms with Crippen molar-refractivity contribution in [3.8, 4) is 17.6 Å². The predicted molar refractivity (Wildman–Crippen MR) is 125 cm³/mol. The Morgan fingerprint density at radius 2 is 1.94 bits per heavy atom. The molecule has 6 heteroatoms. The van der Waals surface area contributed by atoms with Crippen molar-refractivity contribution in [3.63, 3.8) is 0 Å². The maximum atomic E-state index is 12.3. The number of aliphatic hydroxyl groups is 1. The quantitative estimate of drug-likeness (QED) is 0.557. The Labute approximate surface area is 189 Å². The van der Waals surface area contributed by atoms with Crippen LogP contribution in [0.3, 0.4) is 0 Å². The molecule has 1 aliphatic carbocycles. The molecule has 1 unspecified atom stereocenters. The second-order valence-electron chi connectivity index (χ2n) is 8.43. The zero-order valence-corrected chi connectivity index (χ0v) is 18.9. The molecule has 0 bridgehead atoms. The van der Waals surface area contributed by atoms with Gasteiger partial charge in [-0.15, -0.1) is 0 Å². The lowest BCUT2D eigenvalue weighted by Gasteiger charge is -2.15. The second-order valence-corrected chi connectivity index (χ2v) is 8.43. The first-order chi connectivity index (χ1) is 15.5. The molecule has 1 aliphatic heterocycles. The summed E-state index contributed by atoms with van der Waals surface area (Å²) < 4.78 is 6.87. The molecule has 170 valence electrons. The van der Waals surface area contributed by atoms with E-state index in [4.69, 9.17) is 9.84 Å². The highest BCUT2D eigenvalue weighted by Crippen LogP contribution is 2.27. The van der Waals surface area contributed by atoms with Gasteiger partial charge in [0.25, 0.3) is 5.56 Å². The van der Waals surface area contributed by atoms with Crippen LogP contribution in [-0.4, -0.2) is 53.7 Å². The first-order valence-electron chi connectivity index (χ1n) is 11.2. The first kappa shape index (κ1) is 23.8. The van der Waals surface area contributed by atoms with E-state index < -0.39 is 0 Å². The monoisotopic (exact) mass is 436 g/mol. The zero-order chi connectivity index (χ0) is 22.9. The number of aryl methyl sites for hydroxylation is 1. The lowest BCUT2D eigenvalue weighted by atomic mass is 10.1. The molecule has 0 radical (unpaired) electrons. The van der Waals surface area contributed by atoms with Gasteiger partial charge in [-0.2, -0.15) is 0 Å². The molecule has 1 saturated heterocycles. The molecule has 2 heterocycles. The average Bonchev–Trinajstić information content (AvgIpc) is 3.53. The van der Waals surface area contributed by atoms with E-state index in [0.29, 0.717) is 37.1 Å². The number of carbonyl (C=O) groups is 1. The number of aromatic nitrogens is 1. The van der Waals surface area contributed by atoms with Crippen LogP contribution in [0.5, 0.6) is 5.75 Å². The SMILES string of the molecule is CN1CCCC1CO.Cc1cc(OCC=O)cc(=O)n1Cc1ccc(C#CC2CC2)cc1. The third-order valence-corrected chi connectivity index (χ3v) is 5.80.